The zero-order valence-corrected chi connectivity index (χ0v) is 16.7. The number of carboxylic acids is 1. The van der Waals surface area contributed by atoms with Crippen molar-refractivity contribution in [3.63, 3.8) is 0 Å². The fourth-order valence-corrected chi connectivity index (χ4v) is 2.41. The van der Waals surface area contributed by atoms with E-state index in [4.69, 9.17) is 23.7 Å². The van der Waals surface area contributed by atoms with Crippen LogP contribution in [0.4, 0.5) is 0 Å². The summed E-state index contributed by atoms with van der Waals surface area (Å²) < 4.78 is 26.0. The second-order valence-electron chi connectivity index (χ2n) is 6.03. The Kier molecular flexibility index (Phi) is 9.53. The van der Waals surface area contributed by atoms with Crippen LogP contribution < -0.4 is 0 Å². The van der Waals surface area contributed by atoms with Gasteiger partial charge >= 0.3 is 29.8 Å². The molecule has 0 amide bonds. The number of hydrogen-bond acceptors (Lipinski definition) is 10. The molecule has 164 valence electrons. The molecule has 29 heavy (non-hydrogen) atoms. The molecule has 0 radical (unpaired) electrons. The maximum absolute atomic E-state index is 11.9. The van der Waals surface area contributed by atoms with Crippen molar-refractivity contribution in [1.29, 1.82) is 0 Å². The molecule has 0 saturated carbocycles. The van der Waals surface area contributed by atoms with Crippen LogP contribution in [0.2, 0.25) is 0 Å². The van der Waals surface area contributed by atoms with Crippen molar-refractivity contribution >= 4 is 29.8 Å². The zero-order chi connectivity index (χ0) is 22.1. The van der Waals surface area contributed by atoms with Gasteiger partial charge in [-0.25, -0.2) is 4.79 Å². The molecule has 5 atom stereocenters. The van der Waals surface area contributed by atoms with Gasteiger partial charge in [0.1, 0.15) is 0 Å². The molecule has 1 aliphatic rings. The lowest BCUT2D eigenvalue weighted by molar-refractivity contribution is -0.294. The van der Waals surface area contributed by atoms with E-state index in [1.165, 1.54) is 27.7 Å². The number of carbonyl (C=O) groups excluding carboxylic acids is 4. The third-order valence-electron chi connectivity index (χ3n) is 3.94. The van der Waals surface area contributed by atoms with Gasteiger partial charge in [0.25, 0.3) is 0 Å². The molecule has 1 heterocycles. The molecule has 1 N–H and O–H groups in total. The van der Waals surface area contributed by atoms with Gasteiger partial charge in [-0.15, -0.1) is 0 Å². The quantitative estimate of drug-likeness (QED) is 0.416. The Hall–Kier alpha value is -2.69. The third kappa shape index (κ3) is 6.70. The number of esters is 4. The fraction of sp³-hybridized carbons (Fsp3) is 0.722. The van der Waals surface area contributed by atoms with E-state index in [1.807, 2.05) is 0 Å². The van der Waals surface area contributed by atoms with Crippen LogP contribution in [-0.2, 0) is 47.7 Å². The van der Waals surface area contributed by atoms with E-state index in [2.05, 4.69) is 0 Å². The SMILES string of the molecule is CCC(=O)O[C@H]1O[C@H](C(=O)O)[C@@H](OC(=O)CC)[C@H](OC(=O)CC)[C@H]1OC(=O)CC. The molecule has 11 nitrogen and oxygen atoms in total. The van der Waals surface area contributed by atoms with E-state index in [0.29, 0.717) is 0 Å². The molecular weight excluding hydrogens is 392 g/mol. The van der Waals surface area contributed by atoms with Crippen molar-refractivity contribution in [1.82, 2.24) is 0 Å². The number of carboxylic acid groups (broad SMARTS) is 1. The van der Waals surface area contributed by atoms with Crippen molar-refractivity contribution in [2.24, 2.45) is 0 Å². The summed E-state index contributed by atoms with van der Waals surface area (Å²) in [6.07, 6.45) is -8.53. The van der Waals surface area contributed by atoms with Crippen molar-refractivity contribution in [2.75, 3.05) is 0 Å². The molecule has 11 heteroatoms. The average Bonchev–Trinajstić information content (AvgIpc) is 2.70. The predicted molar refractivity (Wildman–Crippen MR) is 93.2 cm³/mol. The molecule has 1 rings (SSSR count). The van der Waals surface area contributed by atoms with Gasteiger partial charge in [0.15, 0.2) is 18.3 Å². The van der Waals surface area contributed by atoms with Gasteiger partial charge in [0.2, 0.25) is 12.4 Å². The summed E-state index contributed by atoms with van der Waals surface area (Å²) in [5.41, 5.74) is 0. The molecular formula is C18H26O11. The van der Waals surface area contributed by atoms with Gasteiger partial charge < -0.3 is 28.8 Å². The van der Waals surface area contributed by atoms with Crippen LogP contribution in [0, 0.1) is 0 Å². The van der Waals surface area contributed by atoms with Crippen molar-refractivity contribution in [3.05, 3.63) is 0 Å². The van der Waals surface area contributed by atoms with Gasteiger partial charge in [-0.05, 0) is 0 Å². The summed E-state index contributed by atoms with van der Waals surface area (Å²) in [5, 5.41) is 9.52. The molecule has 0 spiro atoms. The minimum Gasteiger partial charge on any atom is -0.479 e. The Balaban J connectivity index is 3.41. The van der Waals surface area contributed by atoms with E-state index >= 15 is 0 Å². The Labute approximate surface area is 167 Å². The Morgan fingerprint density at radius 3 is 1.45 bits per heavy atom. The van der Waals surface area contributed by atoms with Crippen LogP contribution in [0.25, 0.3) is 0 Å². The molecule has 0 aliphatic carbocycles. The molecule has 1 saturated heterocycles. The first-order valence-corrected chi connectivity index (χ1v) is 9.34. The number of rotatable bonds is 9. The zero-order valence-electron chi connectivity index (χ0n) is 16.7. The van der Waals surface area contributed by atoms with E-state index < -0.39 is 60.6 Å². The van der Waals surface area contributed by atoms with Crippen LogP contribution in [0.1, 0.15) is 53.4 Å². The maximum Gasteiger partial charge on any atom is 0.337 e. The normalized spacial score (nSPS) is 26.1. The first kappa shape index (κ1) is 24.3. The smallest absolute Gasteiger partial charge is 0.337 e. The highest BCUT2D eigenvalue weighted by Gasteiger charge is 2.56. The number of ether oxygens (including phenoxy) is 5. The topological polar surface area (TPSA) is 152 Å². The van der Waals surface area contributed by atoms with E-state index in [0.717, 1.165) is 0 Å². The molecule has 0 unspecified atom stereocenters. The predicted octanol–water partition coefficient (Wildman–Crippen LogP) is 0.715. The van der Waals surface area contributed by atoms with E-state index in [1.54, 1.807) is 0 Å². The molecule has 0 bridgehead atoms. The summed E-state index contributed by atoms with van der Waals surface area (Å²) in [4.78, 5) is 59.2. The second-order valence-corrected chi connectivity index (χ2v) is 6.03. The van der Waals surface area contributed by atoms with E-state index in [9.17, 15) is 29.1 Å². The van der Waals surface area contributed by atoms with Crippen LogP contribution in [0.5, 0.6) is 0 Å². The Morgan fingerprint density at radius 2 is 1.03 bits per heavy atom. The first-order chi connectivity index (χ1) is 13.7. The lowest BCUT2D eigenvalue weighted by Gasteiger charge is -2.42. The van der Waals surface area contributed by atoms with E-state index in [-0.39, 0.29) is 25.7 Å². The summed E-state index contributed by atoms with van der Waals surface area (Å²) >= 11 is 0. The highest BCUT2D eigenvalue weighted by atomic mass is 16.7. The van der Waals surface area contributed by atoms with Crippen molar-refractivity contribution in [3.8, 4) is 0 Å². The standard InChI is InChI=1S/C18H26O11/c1-5-9(19)25-13-14(26-10(20)6-2)16(27-11(21)7-3)18(28-12(22)8-4)29-15(13)17(23)24/h13-16,18H,5-8H2,1-4H3,(H,23,24)/t13-,14-,15-,16+,18-/m0/s1. The van der Waals surface area contributed by atoms with Crippen LogP contribution in [0.15, 0.2) is 0 Å². The van der Waals surface area contributed by atoms with Crippen LogP contribution in [0.3, 0.4) is 0 Å². The summed E-state index contributed by atoms with van der Waals surface area (Å²) in [6.45, 7) is 5.97. The molecule has 0 aromatic rings. The lowest BCUT2D eigenvalue weighted by Crippen LogP contribution is -2.64. The number of aliphatic carboxylic acids is 1. The number of hydrogen-bond donors (Lipinski definition) is 1. The minimum atomic E-state index is -1.83. The molecule has 0 aromatic carbocycles. The van der Waals surface area contributed by atoms with Gasteiger partial charge in [0, 0.05) is 25.7 Å². The van der Waals surface area contributed by atoms with Gasteiger partial charge in [-0.2, -0.15) is 0 Å². The Morgan fingerprint density at radius 1 is 0.655 bits per heavy atom. The Bertz CT molecular complexity index is 629. The lowest BCUT2D eigenvalue weighted by atomic mass is 9.97. The van der Waals surface area contributed by atoms with Gasteiger partial charge in [0.05, 0.1) is 0 Å². The van der Waals surface area contributed by atoms with Crippen molar-refractivity contribution in [2.45, 2.75) is 84.1 Å². The third-order valence-corrected chi connectivity index (χ3v) is 3.94. The highest BCUT2D eigenvalue weighted by Crippen LogP contribution is 2.30. The fourth-order valence-electron chi connectivity index (χ4n) is 2.41. The van der Waals surface area contributed by atoms with Crippen LogP contribution in [-0.4, -0.2) is 65.7 Å². The summed E-state index contributed by atoms with van der Waals surface area (Å²) in [7, 11) is 0. The molecule has 1 aliphatic heterocycles. The van der Waals surface area contributed by atoms with Gasteiger partial charge in [-0.1, -0.05) is 27.7 Å². The second kappa shape index (κ2) is 11.3. The largest absolute Gasteiger partial charge is 0.479 e. The first-order valence-electron chi connectivity index (χ1n) is 9.34. The highest BCUT2D eigenvalue weighted by molar-refractivity contribution is 5.76. The number of carbonyl (C=O) groups is 5. The average molecular weight is 418 g/mol. The van der Waals surface area contributed by atoms with Gasteiger partial charge in [-0.3, -0.25) is 19.2 Å². The summed E-state index contributed by atoms with van der Waals surface area (Å²) in [6, 6.07) is 0. The monoisotopic (exact) mass is 418 g/mol. The van der Waals surface area contributed by atoms with Crippen LogP contribution >= 0.6 is 0 Å². The minimum absolute atomic E-state index is 0.0683. The molecule has 0 aromatic heterocycles. The maximum atomic E-state index is 11.9. The summed E-state index contributed by atoms with van der Waals surface area (Å²) in [5.74, 6) is -4.61. The molecule has 1 fully saturated rings. The van der Waals surface area contributed by atoms with Crippen molar-refractivity contribution < 1.29 is 52.8 Å².